The number of hydrogen-bond acceptors (Lipinski definition) is 2. The maximum atomic E-state index is 13.5. The first kappa shape index (κ1) is 20.3. The van der Waals surface area contributed by atoms with Crippen LogP contribution in [0.5, 0.6) is 0 Å². The van der Waals surface area contributed by atoms with E-state index in [0.29, 0.717) is 6.42 Å². The van der Waals surface area contributed by atoms with E-state index in [9.17, 15) is 4.79 Å². The molecule has 0 bridgehead atoms. The van der Waals surface area contributed by atoms with Crippen LogP contribution < -0.4 is 5.32 Å². The van der Waals surface area contributed by atoms with Gasteiger partial charge in [-0.3, -0.25) is 4.79 Å². The molecule has 35 heavy (non-hydrogen) atoms. The lowest BCUT2D eigenvalue weighted by Crippen LogP contribution is -2.27. The number of fused-ring (bicyclic) bond motifs is 5. The molecule has 4 aromatic carbocycles. The number of Topliss-reactive ketones (excluding diaryl/α,β-unsaturated/α-hetero) is 1. The predicted molar refractivity (Wildman–Crippen MR) is 144 cm³/mol. The van der Waals surface area contributed by atoms with E-state index in [-0.39, 0.29) is 11.8 Å². The number of aromatic nitrogens is 1. The number of hydrogen-bond donors (Lipinski definition) is 1. The predicted octanol–water partition coefficient (Wildman–Crippen LogP) is 7.52. The minimum absolute atomic E-state index is 0.145. The summed E-state index contributed by atoms with van der Waals surface area (Å²) >= 11 is 0. The highest BCUT2D eigenvalue weighted by Gasteiger charge is 2.36. The van der Waals surface area contributed by atoms with Gasteiger partial charge in [0.05, 0.1) is 6.04 Å². The van der Waals surface area contributed by atoms with Crippen LogP contribution in [0.2, 0.25) is 0 Å². The number of ketones is 1. The van der Waals surface area contributed by atoms with E-state index in [4.69, 9.17) is 0 Å². The molecular formula is C32H26N2O. The normalized spacial score (nSPS) is 17.4. The number of carbonyl (C=O) groups is 1. The van der Waals surface area contributed by atoms with E-state index in [1.165, 1.54) is 43.9 Å². The summed E-state index contributed by atoms with van der Waals surface area (Å²) in [7, 11) is 0. The van der Waals surface area contributed by atoms with Gasteiger partial charge >= 0.3 is 0 Å². The van der Waals surface area contributed by atoms with Crippen LogP contribution in [0.1, 0.15) is 42.0 Å². The average molecular weight is 455 g/mol. The lowest BCUT2D eigenvalue weighted by molar-refractivity contribution is -0.116. The molecule has 2 aliphatic rings. The van der Waals surface area contributed by atoms with Crippen molar-refractivity contribution in [1.82, 2.24) is 4.57 Å². The van der Waals surface area contributed by atoms with Crippen molar-refractivity contribution >= 4 is 38.7 Å². The van der Waals surface area contributed by atoms with Crippen LogP contribution in [-0.2, 0) is 11.3 Å². The fraction of sp³-hybridized carbons (Fsp3) is 0.156. The minimum atomic E-state index is -0.145. The van der Waals surface area contributed by atoms with E-state index < -0.39 is 0 Å². The Morgan fingerprint density at radius 1 is 0.800 bits per heavy atom. The molecule has 5 aromatic rings. The zero-order valence-corrected chi connectivity index (χ0v) is 19.5. The summed E-state index contributed by atoms with van der Waals surface area (Å²) in [6.07, 6.45) is 4.75. The van der Waals surface area contributed by atoms with Crippen molar-refractivity contribution in [2.75, 3.05) is 5.32 Å². The number of anilines is 1. The summed E-state index contributed by atoms with van der Waals surface area (Å²) in [6, 6.07) is 31.9. The van der Waals surface area contributed by atoms with Crippen LogP contribution in [0.25, 0.3) is 27.2 Å². The Morgan fingerprint density at radius 2 is 1.57 bits per heavy atom. The number of nitrogens with one attached hydrogen (secondary N) is 1. The molecule has 0 radical (unpaired) electrons. The zero-order chi connectivity index (χ0) is 23.4. The van der Waals surface area contributed by atoms with E-state index in [2.05, 4.69) is 107 Å². The highest BCUT2D eigenvalue weighted by molar-refractivity contribution is 6.13. The third-order valence-corrected chi connectivity index (χ3v) is 7.60. The van der Waals surface area contributed by atoms with Crippen LogP contribution in [0.15, 0.2) is 103 Å². The number of allylic oxidation sites excluding steroid dienone is 1. The second kappa shape index (κ2) is 7.99. The summed E-state index contributed by atoms with van der Waals surface area (Å²) in [4.78, 5) is 13.5. The molecule has 0 saturated carbocycles. The molecule has 1 atom stereocenters. The molecule has 7 rings (SSSR count). The zero-order valence-electron chi connectivity index (χ0n) is 19.5. The van der Waals surface area contributed by atoms with Crippen LogP contribution >= 0.6 is 0 Å². The molecule has 3 heteroatoms. The number of carbonyl (C=O) groups excluding carboxylic acids is 1. The van der Waals surface area contributed by atoms with E-state index in [0.717, 1.165) is 30.6 Å². The van der Waals surface area contributed by atoms with Gasteiger partial charge in [-0.2, -0.15) is 0 Å². The third-order valence-electron chi connectivity index (χ3n) is 7.60. The van der Waals surface area contributed by atoms with Gasteiger partial charge in [0.15, 0.2) is 5.78 Å². The van der Waals surface area contributed by atoms with E-state index in [1.807, 2.05) is 0 Å². The van der Waals surface area contributed by atoms with Gasteiger partial charge in [0, 0.05) is 52.5 Å². The molecule has 0 fully saturated rings. The maximum absolute atomic E-state index is 13.5. The molecule has 1 aliphatic heterocycles. The molecule has 3 nitrogen and oxygen atoms in total. The lowest BCUT2D eigenvalue weighted by atomic mass is 9.77. The Morgan fingerprint density at radius 3 is 2.46 bits per heavy atom. The Kier molecular flexibility index (Phi) is 4.63. The second-order valence-corrected chi connectivity index (χ2v) is 9.67. The molecule has 0 unspecified atom stereocenters. The third kappa shape index (κ3) is 3.23. The first-order chi connectivity index (χ1) is 17.3. The molecule has 0 saturated heterocycles. The van der Waals surface area contributed by atoms with Crippen molar-refractivity contribution in [2.45, 2.75) is 31.8 Å². The Balaban J connectivity index is 1.44. The number of rotatable bonds is 3. The molecule has 170 valence electrons. The van der Waals surface area contributed by atoms with Crippen molar-refractivity contribution < 1.29 is 4.79 Å². The summed E-state index contributed by atoms with van der Waals surface area (Å²) in [5.41, 5.74) is 8.18. The van der Waals surface area contributed by atoms with Crippen molar-refractivity contribution in [3.8, 4) is 0 Å². The first-order valence-electron chi connectivity index (χ1n) is 12.4. The molecule has 0 amide bonds. The van der Waals surface area contributed by atoms with Crippen LogP contribution in [0.3, 0.4) is 0 Å². The smallest absolute Gasteiger partial charge is 0.161 e. The van der Waals surface area contributed by atoms with Crippen molar-refractivity contribution in [3.63, 3.8) is 0 Å². The molecule has 1 aliphatic carbocycles. The van der Waals surface area contributed by atoms with Crippen molar-refractivity contribution in [2.24, 2.45) is 0 Å². The van der Waals surface area contributed by atoms with E-state index >= 15 is 0 Å². The quantitative estimate of drug-likeness (QED) is 0.306. The Hall–Kier alpha value is -4.11. The SMILES string of the molecule is O=C1CCCC2=C1[C@@H](c1cn(Cc3ccccc3)c3ccccc13)Nc1ccc3ccccc3c12. The fourth-order valence-electron chi connectivity index (χ4n) is 6.05. The monoisotopic (exact) mass is 454 g/mol. The molecule has 0 spiro atoms. The summed E-state index contributed by atoms with van der Waals surface area (Å²) < 4.78 is 2.32. The number of nitrogens with zero attached hydrogens (tertiary/aromatic N) is 1. The van der Waals surface area contributed by atoms with E-state index in [1.54, 1.807) is 0 Å². The maximum Gasteiger partial charge on any atom is 0.161 e. The summed E-state index contributed by atoms with van der Waals surface area (Å²) in [6.45, 7) is 0.801. The van der Waals surface area contributed by atoms with Gasteiger partial charge < -0.3 is 9.88 Å². The van der Waals surface area contributed by atoms with Gasteiger partial charge in [0.2, 0.25) is 0 Å². The molecular weight excluding hydrogens is 428 g/mol. The standard InChI is InChI=1S/C32H26N2O/c35-29-16-8-14-25-30-23-12-5-4-11-22(23)17-18-27(30)33-32(31(25)29)26-20-34(19-21-9-2-1-3-10-21)28-15-7-6-13-24(26)28/h1-7,9-13,15,17-18,20,32-33H,8,14,16,19H2/t32-/m1/s1. The van der Waals surface area contributed by atoms with Gasteiger partial charge in [0.1, 0.15) is 0 Å². The summed E-state index contributed by atoms with van der Waals surface area (Å²) in [5, 5.41) is 7.46. The van der Waals surface area contributed by atoms with Crippen LogP contribution in [0, 0.1) is 0 Å². The highest BCUT2D eigenvalue weighted by atomic mass is 16.1. The Bertz CT molecular complexity index is 1640. The Labute approximate surface area is 204 Å². The van der Waals surface area contributed by atoms with Crippen molar-refractivity contribution in [3.05, 3.63) is 119 Å². The number of benzene rings is 4. The average Bonchev–Trinajstić information content (AvgIpc) is 3.27. The first-order valence-corrected chi connectivity index (χ1v) is 12.4. The highest BCUT2D eigenvalue weighted by Crippen LogP contribution is 2.49. The van der Waals surface area contributed by atoms with Gasteiger partial charge in [-0.25, -0.2) is 0 Å². The van der Waals surface area contributed by atoms with Gasteiger partial charge in [-0.1, -0.05) is 78.9 Å². The topological polar surface area (TPSA) is 34.0 Å². The van der Waals surface area contributed by atoms with Crippen LogP contribution in [0.4, 0.5) is 5.69 Å². The van der Waals surface area contributed by atoms with Gasteiger partial charge in [-0.15, -0.1) is 0 Å². The second-order valence-electron chi connectivity index (χ2n) is 9.67. The fourth-order valence-corrected chi connectivity index (χ4v) is 6.05. The molecule has 2 heterocycles. The van der Waals surface area contributed by atoms with Crippen molar-refractivity contribution in [1.29, 1.82) is 0 Å². The van der Waals surface area contributed by atoms with Gasteiger partial charge in [0.25, 0.3) is 0 Å². The van der Waals surface area contributed by atoms with Crippen LogP contribution in [-0.4, -0.2) is 10.4 Å². The molecule has 1 aromatic heterocycles. The number of para-hydroxylation sites is 1. The largest absolute Gasteiger partial charge is 0.373 e. The summed E-state index contributed by atoms with van der Waals surface area (Å²) in [5.74, 6) is 0.280. The molecule has 1 N–H and O–H groups in total. The van der Waals surface area contributed by atoms with Gasteiger partial charge in [-0.05, 0) is 46.9 Å². The minimum Gasteiger partial charge on any atom is -0.373 e. The lowest BCUT2D eigenvalue weighted by Gasteiger charge is -2.35.